The maximum absolute atomic E-state index is 2.54. The molecular weight excluding hydrogens is 797 g/mol. The Kier molecular flexibility index (Phi) is 10.3. The lowest BCUT2D eigenvalue weighted by molar-refractivity contribution is 0.445. The van der Waals surface area contributed by atoms with Crippen LogP contribution in [0.3, 0.4) is 0 Å². The minimum atomic E-state index is 0.562. The summed E-state index contributed by atoms with van der Waals surface area (Å²) in [5.74, 6) is 0.562. The van der Waals surface area contributed by atoms with Gasteiger partial charge in [-0.05, 0) is 117 Å². The minimum Gasteiger partial charge on any atom is -0.309 e. The molecule has 2 nitrogen and oxygen atoms in total. The summed E-state index contributed by atoms with van der Waals surface area (Å²) in [6.45, 7) is 0. The Labute approximate surface area is 387 Å². The van der Waals surface area contributed by atoms with Gasteiger partial charge in [0.1, 0.15) is 0 Å². The highest BCUT2D eigenvalue weighted by atomic mass is 15.1. The topological polar surface area (TPSA) is 8.17 Å². The Morgan fingerprint density at radius 3 is 1.59 bits per heavy atom. The van der Waals surface area contributed by atoms with Crippen molar-refractivity contribution < 1.29 is 0 Å². The molecule has 0 spiro atoms. The number of benzene rings is 10. The second-order valence-corrected chi connectivity index (χ2v) is 17.8. The molecule has 0 saturated heterocycles. The van der Waals surface area contributed by atoms with Gasteiger partial charge in [-0.1, -0.05) is 207 Å². The van der Waals surface area contributed by atoms with Crippen LogP contribution in [0.2, 0.25) is 0 Å². The summed E-state index contributed by atoms with van der Waals surface area (Å²) in [6.07, 6.45) is 6.42. The normalized spacial score (nSPS) is 13.1. The molecule has 2 heteroatoms. The van der Waals surface area contributed by atoms with Gasteiger partial charge in [-0.3, -0.25) is 0 Å². The Morgan fingerprint density at radius 2 is 0.879 bits per heavy atom. The molecule has 1 saturated carbocycles. The Bertz CT molecular complexity index is 3520. The van der Waals surface area contributed by atoms with Gasteiger partial charge < -0.3 is 9.47 Å². The fourth-order valence-electron chi connectivity index (χ4n) is 11.0. The number of rotatable bonds is 9. The molecule has 1 aromatic heterocycles. The number of hydrogen-bond acceptors (Lipinski definition) is 1. The molecule has 12 rings (SSSR count). The molecule has 11 aromatic rings. The van der Waals surface area contributed by atoms with Gasteiger partial charge in [-0.15, -0.1) is 0 Å². The first kappa shape index (κ1) is 39.6. The van der Waals surface area contributed by atoms with E-state index in [0.717, 1.165) is 22.7 Å². The zero-order valence-corrected chi connectivity index (χ0v) is 37.0. The Hall–Kier alpha value is -7.94. The van der Waals surface area contributed by atoms with Gasteiger partial charge in [0.25, 0.3) is 0 Å². The fourth-order valence-corrected chi connectivity index (χ4v) is 11.0. The predicted octanol–water partition coefficient (Wildman–Crippen LogP) is 18.1. The fraction of sp³-hybridized carbons (Fsp3) is 0.0938. The third-order valence-corrected chi connectivity index (χ3v) is 14.0. The summed E-state index contributed by atoms with van der Waals surface area (Å²) in [6, 6.07) is 87.4. The van der Waals surface area contributed by atoms with Crippen LogP contribution in [-0.4, -0.2) is 4.57 Å². The van der Waals surface area contributed by atoms with Gasteiger partial charge in [-0.2, -0.15) is 0 Å². The van der Waals surface area contributed by atoms with Crippen LogP contribution in [0.4, 0.5) is 17.1 Å². The number of hydrogen-bond donors (Lipinski definition) is 0. The van der Waals surface area contributed by atoms with Gasteiger partial charge in [0.2, 0.25) is 0 Å². The summed E-state index contributed by atoms with van der Waals surface area (Å²) in [5.41, 5.74) is 18.1. The van der Waals surface area contributed by atoms with E-state index in [1.54, 1.807) is 0 Å². The number of aromatic nitrogens is 1. The molecule has 1 aliphatic carbocycles. The quantitative estimate of drug-likeness (QED) is 0.140. The van der Waals surface area contributed by atoms with Gasteiger partial charge in [0.15, 0.2) is 0 Å². The second kappa shape index (κ2) is 17.2. The first-order chi connectivity index (χ1) is 32.8. The highest BCUT2D eigenvalue weighted by molar-refractivity contribution is 6.12. The monoisotopic (exact) mass is 846 g/mol. The molecule has 0 radical (unpaired) electrons. The van der Waals surface area contributed by atoms with Gasteiger partial charge in [0, 0.05) is 33.3 Å². The van der Waals surface area contributed by atoms with Crippen LogP contribution in [0.25, 0.3) is 82.8 Å². The molecule has 1 heterocycles. The summed E-state index contributed by atoms with van der Waals surface area (Å²) in [4.78, 5) is 2.54. The van der Waals surface area contributed by atoms with Crippen LogP contribution < -0.4 is 4.90 Å². The van der Waals surface area contributed by atoms with Crippen molar-refractivity contribution in [3.8, 4) is 50.2 Å². The van der Waals surface area contributed by atoms with E-state index < -0.39 is 0 Å². The van der Waals surface area contributed by atoms with E-state index in [2.05, 4.69) is 246 Å². The summed E-state index contributed by atoms with van der Waals surface area (Å²) in [7, 11) is 0. The molecule has 66 heavy (non-hydrogen) atoms. The first-order valence-electron chi connectivity index (χ1n) is 23.6. The van der Waals surface area contributed by atoms with Crippen molar-refractivity contribution in [2.24, 2.45) is 0 Å². The number of fused-ring (bicyclic) bond motifs is 4. The Morgan fingerprint density at radius 1 is 0.364 bits per heavy atom. The lowest BCUT2D eigenvalue weighted by Gasteiger charge is -2.31. The van der Waals surface area contributed by atoms with Crippen molar-refractivity contribution in [1.82, 2.24) is 4.57 Å². The molecule has 0 bridgehead atoms. The molecule has 1 fully saturated rings. The van der Waals surface area contributed by atoms with E-state index in [-0.39, 0.29) is 0 Å². The van der Waals surface area contributed by atoms with E-state index in [4.69, 9.17) is 0 Å². The average molecular weight is 847 g/mol. The van der Waals surface area contributed by atoms with Gasteiger partial charge in [-0.25, -0.2) is 0 Å². The van der Waals surface area contributed by atoms with Crippen LogP contribution in [-0.2, 0) is 0 Å². The molecule has 0 N–H and O–H groups in total. The summed E-state index contributed by atoms with van der Waals surface area (Å²) < 4.78 is 2.41. The van der Waals surface area contributed by atoms with E-state index in [1.165, 1.54) is 115 Å². The lowest BCUT2D eigenvalue weighted by atomic mass is 9.80. The maximum Gasteiger partial charge on any atom is 0.0542 e. The van der Waals surface area contributed by atoms with Crippen LogP contribution in [0.5, 0.6) is 0 Å². The standard InChI is InChI=1S/C64H50N2/c1-4-22-45(23-5-1)50-30-10-11-31-52(50)53-32-12-13-33-54(53)55-34-14-17-39-60(55)66(49-42-43-63-59(44-49)57-36-16-19-41-62(57)65(63)48-28-8-3-9-29-48)61-40-18-15-35-56(61)58-38-21-27-47-26-20-37-51(64(47)58)46-24-6-2-7-25-46/h1,3-5,8-23,26-44,46H,2,6-7,24-25H2. The molecule has 316 valence electrons. The van der Waals surface area contributed by atoms with Crippen molar-refractivity contribution in [3.05, 3.63) is 242 Å². The number of para-hydroxylation sites is 4. The largest absolute Gasteiger partial charge is 0.309 e. The molecular formula is C64H50N2. The van der Waals surface area contributed by atoms with Crippen molar-refractivity contribution >= 4 is 49.6 Å². The van der Waals surface area contributed by atoms with Gasteiger partial charge in [0.05, 0.1) is 22.4 Å². The average Bonchev–Trinajstić information content (AvgIpc) is 3.73. The highest BCUT2D eigenvalue weighted by Crippen LogP contribution is 2.50. The zero-order valence-electron chi connectivity index (χ0n) is 37.0. The van der Waals surface area contributed by atoms with Crippen molar-refractivity contribution in [3.63, 3.8) is 0 Å². The third-order valence-electron chi connectivity index (χ3n) is 14.0. The Balaban J connectivity index is 1.12. The molecule has 1 aliphatic rings. The number of anilines is 3. The molecule has 0 atom stereocenters. The summed E-state index contributed by atoms with van der Waals surface area (Å²) >= 11 is 0. The molecule has 0 aliphatic heterocycles. The maximum atomic E-state index is 2.54. The lowest BCUT2D eigenvalue weighted by Crippen LogP contribution is -2.13. The van der Waals surface area contributed by atoms with Crippen LogP contribution in [0.15, 0.2) is 237 Å². The van der Waals surface area contributed by atoms with Crippen molar-refractivity contribution in [2.45, 2.75) is 38.0 Å². The van der Waals surface area contributed by atoms with Gasteiger partial charge >= 0.3 is 0 Å². The summed E-state index contributed by atoms with van der Waals surface area (Å²) in [5, 5.41) is 5.14. The van der Waals surface area contributed by atoms with Crippen LogP contribution in [0, 0.1) is 0 Å². The molecule has 10 aromatic carbocycles. The molecule has 0 unspecified atom stereocenters. The van der Waals surface area contributed by atoms with Crippen molar-refractivity contribution in [2.75, 3.05) is 4.90 Å². The van der Waals surface area contributed by atoms with E-state index >= 15 is 0 Å². The zero-order chi connectivity index (χ0) is 43.8. The smallest absolute Gasteiger partial charge is 0.0542 e. The third kappa shape index (κ3) is 6.98. The van der Waals surface area contributed by atoms with E-state index in [9.17, 15) is 0 Å². The van der Waals surface area contributed by atoms with E-state index in [1.807, 2.05) is 0 Å². The highest BCUT2D eigenvalue weighted by Gasteiger charge is 2.26. The predicted molar refractivity (Wildman–Crippen MR) is 281 cm³/mol. The minimum absolute atomic E-state index is 0.562. The van der Waals surface area contributed by atoms with E-state index in [0.29, 0.717) is 5.92 Å². The van der Waals surface area contributed by atoms with Crippen LogP contribution >= 0.6 is 0 Å². The van der Waals surface area contributed by atoms with Crippen LogP contribution in [0.1, 0.15) is 43.6 Å². The SMILES string of the molecule is c1ccc(-c2ccccc2-c2ccccc2-c2ccccc2N(c2ccc3c(c2)c2ccccc2n3-c2ccccc2)c2ccccc2-c2cccc3cccc(C4CCCCC4)c23)cc1. The first-order valence-corrected chi connectivity index (χ1v) is 23.6. The van der Waals surface area contributed by atoms with Crippen molar-refractivity contribution in [1.29, 1.82) is 0 Å². The number of nitrogens with zero attached hydrogens (tertiary/aromatic N) is 2. The molecule has 0 amide bonds. The second-order valence-electron chi connectivity index (χ2n) is 17.8.